The van der Waals surface area contributed by atoms with Gasteiger partial charge in [0.1, 0.15) is 0 Å². The van der Waals surface area contributed by atoms with Gasteiger partial charge in [-0.1, -0.05) is 0 Å². The fraction of sp³-hybridized carbons (Fsp3) is 0.636. The largest absolute Gasteiger partial charge is 0.396 e. The van der Waals surface area contributed by atoms with E-state index in [2.05, 4.69) is 10.4 Å². The average molecular weight is 240 g/mol. The van der Waals surface area contributed by atoms with Crippen molar-refractivity contribution >= 4 is 11.6 Å². The summed E-state index contributed by atoms with van der Waals surface area (Å²) in [5, 5.41) is 6.88. The van der Waals surface area contributed by atoms with Crippen LogP contribution in [0.1, 0.15) is 30.3 Å². The Morgan fingerprint density at radius 1 is 1.59 bits per heavy atom. The van der Waals surface area contributed by atoms with Crippen LogP contribution in [0.5, 0.6) is 0 Å². The molecule has 0 aromatic carbocycles. The average Bonchev–Trinajstić information content (AvgIpc) is 2.70. The molecular formula is C11H20N4O2. The molecule has 1 aromatic rings. The van der Waals surface area contributed by atoms with Gasteiger partial charge < -0.3 is 15.8 Å². The Morgan fingerprint density at radius 2 is 2.35 bits per heavy atom. The van der Waals surface area contributed by atoms with Gasteiger partial charge in [-0.3, -0.25) is 9.48 Å². The van der Waals surface area contributed by atoms with Crippen molar-refractivity contribution in [2.75, 3.05) is 26.0 Å². The van der Waals surface area contributed by atoms with Crippen LogP contribution >= 0.6 is 0 Å². The van der Waals surface area contributed by atoms with E-state index >= 15 is 0 Å². The molecule has 0 unspecified atom stereocenters. The van der Waals surface area contributed by atoms with E-state index in [1.165, 1.54) is 0 Å². The molecule has 0 saturated carbocycles. The summed E-state index contributed by atoms with van der Waals surface area (Å²) in [5.41, 5.74) is 6.43. The third kappa shape index (κ3) is 4.07. The highest BCUT2D eigenvalue weighted by atomic mass is 16.5. The van der Waals surface area contributed by atoms with Gasteiger partial charge in [0.15, 0.2) is 5.69 Å². The molecule has 0 atom stereocenters. The molecular weight excluding hydrogens is 220 g/mol. The zero-order valence-corrected chi connectivity index (χ0v) is 10.4. The minimum atomic E-state index is -0.216. The first-order chi connectivity index (χ1) is 8.19. The summed E-state index contributed by atoms with van der Waals surface area (Å²) in [5.74, 6) is -0.216. The molecule has 0 radical (unpaired) electrons. The van der Waals surface area contributed by atoms with E-state index in [1.54, 1.807) is 18.0 Å². The topological polar surface area (TPSA) is 82.2 Å². The summed E-state index contributed by atoms with van der Waals surface area (Å²) in [6, 6.07) is 0. The molecule has 0 aliphatic rings. The lowest BCUT2D eigenvalue weighted by atomic mass is 10.3. The maximum Gasteiger partial charge on any atom is 0.273 e. The highest BCUT2D eigenvalue weighted by Gasteiger charge is 2.13. The fourth-order valence-electron chi connectivity index (χ4n) is 1.43. The number of ether oxygens (including phenoxy) is 1. The fourth-order valence-corrected chi connectivity index (χ4v) is 1.43. The quantitative estimate of drug-likeness (QED) is 0.685. The molecule has 3 N–H and O–H groups in total. The Kier molecular flexibility index (Phi) is 5.48. The summed E-state index contributed by atoms with van der Waals surface area (Å²) in [4.78, 5) is 11.7. The van der Waals surface area contributed by atoms with Gasteiger partial charge in [-0.25, -0.2) is 0 Å². The van der Waals surface area contributed by atoms with Crippen molar-refractivity contribution < 1.29 is 9.53 Å². The van der Waals surface area contributed by atoms with Crippen LogP contribution in [0.4, 0.5) is 5.69 Å². The standard InChI is InChI=1S/C11H20N4O2/c1-3-15-8-9(12)10(14-15)11(16)13-6-4-5-7-17-2/h8H,3-7,12H2,1-2H3,(H,13,16). The lowest BCUT2D eigenvalue weighted by Gasteiger charge is -2.03. The van der Waals surface area contributed by atoms with Gasteiger partial charge in [0.05, 0.1) is 5.69 Å². The van der Waals surface area contributed by atoms with Crippen LogP contribution in [0.15, 0.2) is 6.20 Å². The maximum absolute atomic E-state index is 11.7. The predicted molar refractivity (Wildman–Crippen MR) is 65.8 cm³/mol. The Labute approximate surface area is 101 Å². The first-order valence-corrected chi connectivity index (χ1v) is 5.79. The number of unbranched alkanes of at least 4 members (excludes halogenated alkanes) is 1. The molecule has 6 nitrogen and oxygen atoms in total. The molecule has 96 valence electrons. The number of nitrogens with two attached hydrogens (primary N) is 1. The van der Waals surface area contributed by atoms with E-state index < -0.39 is 0 Å². The van der Waals surface area contributed by atoms with Crippen molar-refractivity contribution in [2.24, 2.45) is 0 Å². The molecule has 0 bridgehead atoms. The number of nitrogen functional groups attached to an aromatic ring is 1. The molecule has 0 aliphatic heterocycles. The van der Waals surface area contributed by atoms with Gasteiger partial charge in [-0.05, 0) is 19.8 Å². The second-order valence-electron chi connectivity index (χ2n) is 3.74. The van der Waals surface area contributed by atoms with Crippen LogP contribution in [0.2, 0.25) is 0 Å². The van der Waals surface area contributed by atoms with Crippen molar-refractivity contribution in [2.45, 2.75) is 26.3 Å². The molecule has 0 fully saturated rings. The number of hydrogen-bond acceptors (Lipinski definition) is 4. The second kappa shape index (κ2) is 6.90. The summed E-state index contributed by atoms with van der Waals surface area (Å²) in [6.45, 7) is 3.97. The van der Waals surface area contributed by atoms with Crippen LogP contribution in [-0.4, -0.2) is 35.9 Å². The highest BCUT2D eigenvalue weighted by Crippen LogP contribution is 2.08. The molecule has 1 aromatic heterocycles. The van der Waals surface area contributed by atoms with E-state index in [9.17, 15) is 4.79 Å². The maximum atomic E-state index is 11.7. The predicted octanol–water partition coefficient (Wildman–Crippen LogP) is 0.642. The van der Waals surface area contributed by atoms with Gasteiger partial charge >= 0.3 is 0 Å². The summed E-state index contributed by atoms with van der Waals surface area (Å²) in [6.07, 6.45) is 3.48. The molecule has 1 amide bonds. The molecule has 1 heterocycles. The number of carbonyl (C=O) groups is 1. The number of rotatable bonds is 7. The smallest absolute Gasteiger partial charge is 0.273 e. The third-order valence-corrected chi connectivity index (χ3v) is 2.39. The van der Waals surface area contributed by atoms with Crippen LogP contribution in [-0.2, 0) is 11.3 Å². The number of carbonyl (C=O) groups excluding carboxylic acids is 1. The van der Waals surface area contributed by atoms with E-state index in [-0.39, 0.29) is 5.91 Å². The zero-order chi connectivity index (χ0) is 12.7. The second-order valence-corrected chi connectivity index (χ2v) is 3.74. The van der Waals surface area contributed by atoms with Gasteiger partial charge in [-0.2, -0.15) is 5.10 Å². The van der Waals surface area contributed by atoms with Crippen molar-refractivity contribution in [3.8, 4) is 0 Å². The minimum absolute atomic E-state index is 0.216. The molecule has 0 saturated heterocycles. The van der Waals surface area contributed by atoms with Crippen molar-refractivity contribution in [3.05, 3.63) is 11.9 Å². The van der Waals surface area contributed by atoms with E-state index in [4.69, 9.17) is 10.5 Å². The van der Waals surface area contributed by atoms with Crippen molar-refractivity contribution in [1.29, 1.82) is 0 Å². The van der Waals surface area contributed by atoms with E-state index in [1.807, 2.05) is 6.92 Å². The SMILES string of the molecule is CCn1cc(N)c(C(=O)NCCCCOC)n1. The summed E-state index contributed by atoms with van der Waals surface area (Å²) in [7, 11) is 1.66. The number of aryl methyl sites for hydroxylation is 1. The van der Waals surface area contributed by atoms with Crippen LogP contribution in [0.3, 0.4) is 0 Å². The molecule has 0 aliphatic carbocycles. The Morgan fingerprint density at radius 3 is 2.94 bits per heavy atom. The van der Waals surface area contributed by atoms with Crippen molar-refractivity contribution in [1.82, 2.24) is 15.1 Å². The monoisotopic (exact) mass is 240 g/mol. The number of amides is 1. The third-order valence-electron chi connectivity index (χ3n) is 2.39. The molecule has 0 spiro atoms. The molecule has 17 heavy (non-hydrogen) atoms. The lowest BCUT2D eigenvalue weighted by Crippen LogP contribution is -2.26. The Bertz CT molecular complexity index is 362. The number of anilines is 1. The first-order valence-electron chi connectivity index (χ1n) is 5.79. The molecule has 1 rings (SSSR count). The van der Waals surface area contributed by atoms with E-state index in [0.717, 1.165) is 12.8 Å². The van der Waals surface area contributed by atoms with Gasteiger partial charge in [0.25, 0.3) is 5.91 Å². The zero-order valence-electron chi connectivity index (χ0n) is 10.4. The number of nitrogens with zero attached hydrogens (tertiary/aromatic N) is 2. The van der Waals surface area contributed by atoms with Crippen LogP contribution in [0.25, 0.3) is 0 Å². The van der Waals surface area contributed by atoms with Crippen molar-refractivity contribution in [3.63, 3.8) is 0 Å². The van der Waals surface area contributed by atoms with Gasteiger partial charge in [0.2, 0.25) is 0 Å². The minimum Gasteiger partial charge on any atom is -0.396 e. The summed E-state index contributed by atoms with van der Waals surface area (Å²) >= 11 is 0. The molecule has 6 heteroatoms. The highest BCUT2D eigenvalue weighted by molar-refractivity contribution is 5.96. The number of aromatic nitrogens is 2. The van der Waals surface area contributed by atoms with Crippen LogP contribution in [0, 0.1) is 0 Å². The Balaban J connectivity index is 2.38. The van der Waals surface area contributed by atoms with Gasteiger partial charge in [-0.15, -0.1) is 0 Å². The van der Waals surface area contributed by atoms with Gasteiger partial charge in [0, 0.05) is 33.0 Å². The van der Waals surface area contributed by atoms with E-state index in [0.29, 0.717) is 31.1 Å². The first kappa shape index (κ1) is 13.5. The number of hydrogen-bond donors (Lipinski definition) is 2. The number of methoxy groups -OCH3 is 1. The summed E-state index contributed by atoms with van der Waals surface area (Å²) < 4.78 is 6.57. The lowest BCUT2D eigenvalue weighted by molar-refractivity contribution is 0.0946. The van der Waals surface area contributed by atoms with Crippen LogP contribution < -0.4 is 11.1 Å². The normalized spacial score (nSPS) is 10.5. The number of nitrogens with one attached hydrogen (secondary N) is 1. The Hall–Kier alpha value is -1.56.